The minimum Gasteiger partial charge on any atom is -0.506 e. The van der Waals surface area contributed by atoms with Crippen molar-refractivity contribution in [1.82, 2.24) is 4.90 Å². The maximum Gasteiger partial charge on any atom is 0.203 e. The molecule has 1 aliphatic heterocycles. The van der Waals surface area contributed by atoms with E-state index in [0.29, 0.717) is 17.2 Å². The Labute approximate surface area is 154 Å². The lowest BCUT2D eigenvalue weighted by molar-refractivity contribution is 0.243. The predicted octanol–water partition coefficient (Wildman–Crippen LogP) is 2.74. The van der Waals surface area contributed by atoms with E-state index in [1.165, 1.54) is 0 Å². The molecule has 1 heterocycles. The van der Waals surface area contributed by atoms with Crippen molar-refractivity contribution in [1.29, 1.82) is 0 Å². The van der Waals surface area contributed by atoms with Crippen LogP contribution in [-0.4, -0.2) is 57.5 Å². The first-order chi connectivity index (χ1) is 12.7. The summed E-state index contributed by atoms with van der Waals surface area (Å²) >= 11 is 0. The molecule has 140 valence electrons. The van der Waals surface area contributed by atoms with Crippen LogP contribution < -0.4 is 19.1 Å². The van der Waals surface area contributed by atoms with Crippen LogP contribution in [0.15, 0.2) is 36.4 Å². The molecule has 2 aromatic rings. The number of benzene rings is 2. The second kappa shape index (κ2) is 8.19. The fourth-order valence-corrected chi connectivity index (χ4v) is 3.41. The zero-order chi connectivity index (χ0) is 18.5. The lowest BCUT2D eigenvalue weighted by Gasteiger charge is -2.36. The molecule has 1 N–H and O–H groups in total. The van der Waals surface area contributed by atoms with Gasteiger partial charge < -0.3 is 24.2 Å². The highest BCUT2D eigenvalue weighted by Crippen LogP contribution is 2.40. The van der Waals surface area contributed by atoms with Gasteiger partial charge in [-0.05, 0) is 18.2 Å². The molecule has 3 rings (SSSR count). The van der Waals surface area contributed by atoms with Crippen LogP contribution in [-0.2, 0) is 6.54 Å². The van der Waals surface area contributed by atoms with E-state index in [9.17, 15) is 5.11 Å². The number of nitrogens with zero attached hydrogens (tertiary/aromatic N) is 2. The fourth-order valence-electron chi connectivity index (χ4n) is 3.41. The van der Waals surface area contributed by atoms with E-state index in [2.05, 4.69) is 9.80 Å². The molecule has 0 spiro atoms. The first-order valence-electron chi connectivity index (χ1n) is 8.71. The average molecular weight is 358 g/mol. The molecule has 2 aromatic carbocycles. The van der Waals surface area contributed by atoms with Gasteiger partial charge in [0.2, 0.25) is 5.75 Å². The summed E-state index contributed by atoms with van der Waals surface area (Å²) in [4.78, 5) is 4.60. The van der Waals surface area contributed by atoms with Crippen LogP contribution >= 0.6 is 0 Å². The van der Waals surface area contributed by atoms with Gasteiger partial charge in [0.05, 0.1) is 27.0 Å². The number of aromatic hydroxyl groups is 1. The summed E-state index contributed by atoms with van der Waals surface area (Å²) < 4.78 is 16.4. The van der Waals surface area contributed by atoms with Crippen molar-refractivity contribution >= 4 is 5.69 Å². The molecule has 1 aliphatic rings. The zero-order valence-corrected chi connectivity index (χ0v) is 15.6. The Kier molecular flexibility index (Phi) is 5.73. The maximum atomic E-state index is 10.0. The maximum absolute atomic E-state index is 10.0. The molecule has 26 heavy (non-hydrogen) atoms. The first-order valence-corrected chi connectivity index (χ1v) is 8.71. The van der Waals surface area contributed by atoms with E-state index in [1.807, 2.05) is 30.3 Å². The summed E-state index contributed by atoms with van der Waals surface area (Å²) in [5, 5.41) is 10.0. The molecular formula is C20H26N2O4. The number of rotatable bonds is 6. The summed E-state index contributed by atoms with van der Waals surface area (Å²) in [5.41, 5.74) is 1.97. The van der Waals surface area contributed by atoms with Crippen molar-refractivity contribution in [2.75, 3.05) is 52.4 Å². The molecule has 0 bridgehead atoms. The molecule has 1 saturated heterocycles. The molecule has 0 saturated carbocycles. The topological polar surface area (TPSA) is 54.4 Å². The number of hydrogen-bond donors (Lipinski definition) is 1. The third kappa shape index (κ3) is 3.65. The summed E-state index contributed by atoms with van der Waals surface area (Å²) in [6.45, 7) is 4.33. The van der Waals surface area contributed by atoms with Gasteiger partial charge >= 0.3 is 0 Å². The number of phenolic OH excluding ortho intramolecular Hbond substituents is 1. The Balaban J connectivity index is 1.69. The fraction of sp³-hybridized carbons (Fsp3) is 0.400. The van der Waals surface area contributed by atoms with Gasteiger partial charge in [-0.1, -0.05) is 18.2 Å². The second-order valence-electron chi connectivity index (χ2n) is 6.25. The molecule has 0 aromatic heterocycles. The molecular weight excluding hydrogens is 332 g/mol. The van der Waals surface area contributed by atoms with Gasteiger partial charge in [-0.2, -0.15) is 0 Å². The minimum atomic E-state index is 0.336. The van der Waals surface area contributed by atoms with Crippen LogP contribution in [0.1, 0.15) is 5.56 Å². The quantitative estimate of drug-likeness (QED) is 0.857. The molecule has 6 heteroatoms. The minimum absolute atomic E-state index is 0.336. The summed E-state index contributed by atoms with van der Waals surface area (Å²) in [7, 11) is 4.89. The molecule has 0 unspecified atom stereocenters. The van der Waals surface area contributed by atoms with E-state index < -0.39 is 0 Å². The number of para-hydroxylation sites is 2. The normalized spacial score (nSPS) is 15.0. The van der Waals surface area contributed by atoms with Crippen molar-refractivity contribution in [2.45, 2.75) is 6.54 Å². The number of anilines is 1. The molecule has 1 fully saturated rings. The van der Waals surface area contributed by atoms with Crippen molar-refractivity contribution in [3.63, 3.8) is 0 Å². The summed E-state index contributed by atoms with van der Waals surface area (Å²) in [6, 6.07) is 11.4. The second-order valence-corrected chi connectivity index (χ2v) is 6.25. The third-order valence-corrected chi connectivity index (χ3v) is 4.77. The lowest BCUT2D eigenvalue weighted by Crippen LogP contribution is -2.46. The van der Waals surface area contributed by atoms with Gasteiger partial charge in [0.15, 0.2) is 11.5 Å². The largest absolute Gasteiger partial charge is 0.506 e. The van der Waals surface area contributed by atoms with Crippen LogP contribution in [0.5, 0.6) is 23.0 Å². The third-order valence-electron chi connectivity index (χ3n) is 4.77. The van der Waals surface area contributed by atoms with E-state index in [1.54, 1.807) is 27.4 Å². The first kappa shape index (κ1) is 18.2. The number of hydrogen-bond acceptors (Lipinski definition) is 6. The molecule has 0 aliphatic carbocycles. The number of methoxy groups -OCH3 is 3. The van der Waals surface area contributed by atoms with Crippen LogP contribution in [0.2, 0.25) is 0 Å². The van der Waals surface area contributed by atoms with Crippen molar-refractivity contribution in [2.24, 2.45) is 0 Å². The Morgan fingerprint density at radius 1 is 0.846 bits per heavy atom. The average Bonchev–Trinajstić information content (AvgIpc) is 2.68. The molecule has 0 amide bonds. The highest BCUT2D eigenvalue weighted by molar-refractivity contribution is 5.58. The standard InChI is InChI=1S/C20H26N2O4/c1-24-18-9-8-15(19(25-2)20(18)26-3)14-21-10-12-22(13-11-21)16-6-4-5-7-17(16)23/h4-9,23H,10-14H2,1-3H3. The summed E-state index contributed by atoms with van der Waals surface area (Å²) in [5.74, 6) is 2.34. The summed E-state index contributed by atoms with van der Waals surface area (Å²) in [6.07, 6.45) is 0. The van der Waals surface area contributed by atoms with Gasteiger partial charge in [0.1, 0.15) is 5.75 Å². The van der Waals surface area contributed by atoms with E-state index in [0.717, 1.165) is 49.7 Å². The predicted molar refractivity (Wildman–Crippen MR) is 102 cm³/mol. The van der Waals surface area contributed by atoms with E-state index in [-0.39, 0.29) is 0 Å². The number of piperazine rings is 1. The Morgan fingerprint density at radius 2 is 1.54 bits per heavy atom. The van der Waals surface area contributed by atoms with Crippen LogP contribution in [0.3, 0.4) is 0 Å². The smallest absolute Gasteiger partial charge is 0.203 e. The van der Waals surface area contributed by atoms with Gasteiger partial charge in [-0.3, -0.25) is 4.90 Å². The molecule has 0 radical (unpaired) electrons. The van der Waals surface area contributed by atoms with Crippen molar-refractivity contribution < 1.29 is 19.3 Å². The van der Waals surface area contributed by atoms with E-state index in [4.69, 9.17) is 14.2 Å². The SMILES string of the molecule is COc1ccc(CN2CCN(c3ccccc3O)CC2)c(OC)c1OC. The van der Waals surface area contributed by atoms with Gasteiger partial charge in [-0.25, -0.2) is 0 Å². The highest BCUT2D eigenvalue weighted by Gasteiger charge is 2.22. The Morgan fingerprint density at radius 3 is 2.15 bits per heavy atom. The molecule has 6 nitrogen and oxygen atoms in total. The van der Waals surface area contributed by atoms with Gasteiger partial charge in [0.25, 0.3) is 0 Å². The molecule has 0 atom stereocenters. The number of ether oxygens (including phenoxy) is 3. The monoisotopic (exact) mass is 358 g/mol. The van der Waals surface area contributed by atoms with Gasteiger partial charge in [-0.15, -0.1) is 0 Å². The van der Waals surface area contributed by atoms with Gasteiger partial charge in [0, 0.05) is 38.3 Å². The number of phenols is 1. The van der Waals surface area contributed by atoms with Crippen LogP contribution in [0.4, 0.5) is 5.69 Å². The van der Waals surface area contributed by atoms with Crippen LogP contribution in [0, 0.1) is 0 Å². The van der Waals surface area contributed by atoms with Crippen LogP contribution in [0.25, 0.3) is 0 Å². The van der Waals surface area contributed by atoms with E-state index >= 15 is 0 Å². The lowest BCUT2D eigenvalue weighted by atomic mass is 10.1. The van der Waals surface area contributed by atoms with Crippen molar-refractivity contribution in [3.8, 4) is 23.0 Å². The highest BCUT2D eigenvalue weighted by atomic mass is 16.5. The Bertz CT molecular complexity index is 743. The van der Waals surface area contributed by atoms with Crippen molar-refractivity contribution in [3.05, 3.63) is 42.0 Å². The zero-order valence-electron chi connectivity index (χ0n) is 15.6. The Hall–Kier alpha value is -2.60.